The van der Waals surface area contributed by atoms with Gasteiger partial charge in [0.25, 0.3) is 0 Å². The lowest BCUT2D eigenvalue weighted by atomic mass is 10.1. The zero-order valence-electron chi connectivity index (χ0n) is 6.59. The lowest BCUT2D eigenvalue weighted by Crippen LogP contribution is -1.90. The van der Waals surface area contributed by atoms with Crippen LogP contribution in [0.3, 0.4) is 0 Å². The van der Waals surface area contributed by atoms with Gasteiger partial charge in [0.2, 0.25) is 0 Å². The molecule has 0 unspecified atom stereocenters. The molecule has 2 heterocycles. The summed E-state index contributed by atoms with van der Waals surface area (Å²) in [6.07, 6.45) is 1.85. The van der Waals surface area contributed by atoms with Gasteiger partial charge in [0.1, 0.15) is 0 Å². The van der Waals surface area contributed by atoms with Crippen molar-refractivity contribution in [1.82, 2.24) is 4.98 Å². The summed E-state index contributed by atoms with van der Waals surface area (Å²) in [6.45, 7) is 4.25. The van der Waals surface area contributed by atoms with Crippen LogP contribution in [0.1, 0.15) is 23.4 Å². The number of aromatic nitrogens is 1. The predicted molar refractivity (Wildman–Crippen MR) is 48.6 cm³/mol. The molecule has 2 rings (SSSR count). The molecule has 2 nitrogen and oxygen atoms in total. The van der Waals surface area contributed by atoms with E-state index in [2.05, 4.69) is 23.6 Å². The van der Waals surface area contributed by atoms with Gasteiger partial charge < -0.3 is 4.72 Å². The molecule has 1 N–H and O–H groups in total. The highest BCUT2D eigenvalue weighted by Crippen LogP contribution is 2.42. The van der Waals surface area contributed by atoms with Gasteiger partial charge in [0.05, 0.1) is 10.9 Å². The normalized spacial score (nSPS) is 21.1. The Bertz CT molecular complexity index is 285. The van der Waals surface area contributed by atoms with Crippen molar-refractivity contribution >= 4 is 17.6 Å². The summed E-state index contributed by atoms with van der Waals surface area (Å²) in [6, 6.07) is 2.03. The molecule has 0 fully saturated rings. The molecule has 0 saturated heterocycles. The Balaban J connectivity index is 2.58. The van der Waals surface area contributed by atoms with E-state index in [-0.39, 0.29) is 0 Å². The molecule has 0 amide bonds. The second-order valence-corrected chi connectivity index (χ2v) is 3.87. The summed E-state index contributed by atoms with van der Waals surface area (Å²) in [7, 11) is 0. The standard InChI is InChI=1S/C8H10N2S/c1-5-8-6(2)11-10-7(8)3-4-9-5/h3-4,6,10H,1-2H3/t6-/m1/s1. The van der Waals surface area contributed by atoms with Crippen LogP contribution in [-0.4, -0.2) is 4.98 Å². The first-order valence-corrected chi connectivity index (χ1v) is 4.54. The molecule has 1 aliphatic rings. The number of aryl methyl sites for hydroxylation is 1. The van der Waals surface area contributed by atoms with E-state index in [0.29, 0.717) is 5.25 Å². The van der Waals surface area contributed by atoms with Crippen LogP contribution < -0.4 is 4.72 Å². The topological polar surface area (TPSA) is 24.9 Å². The maximum absolute atomic E-state index is 4.25. The number of hydrogen-bond acceptors (Lipinski definition) is 3. The maximum atomic E-state index is 4.25. The highest BCUT2D eigenvalue weighted by molar-refractivity contribution is 8.01. The molecule has 0 saturated carbocycles. The molecule has 1 aromatic rings. The Morgan fingerprint density at radius 1 is 1.64 bits per heavy atom. The number of nitrogens with zero attached hydrogens (tertiary/aromatic N) is 1. The van der Waals surface area contributed by atoms with Crippen molar-refractivity contribution in [3.63, 3.8) is 0 Å². The first-order chi connectivity index (χ1) is 5.29. The molecule has 1 aliphatic heterocycles. The van der Waals surface area contributed by atoms with Gasteiger partial charge in [-0.3, -0.25) is 4.98 Å². The second kappa shape index (κ2) is 2.41. The molecule has 11 heavy (non-hydrogen) atoms. The maximum Gasteiger partial charge on any atom is 0.0517 e. The van der Waals surface area contributed by atoms with Gasteiger partial charge in [-0.15, -0.1) is 0 Å². The van der Waals surface area contributed by atoms with Gasteiger partial charge in [0, 0.05) is 17.5 Å². The van der Waals surface area contributed by atoms with E-state index in [4.69, 9.17) is 0 Å². The fourth-order valence-electron chi connectivity index (χ4n) is 1.39. The summed E-state index contributed by atoms with van der Waals surface area (Å²) in [5.41, 5.74) is 3.74. The van der Waals surface area contributed by atoms with Crippen molar-refractivity contribution in [3.8, 4) is 0 Å². The van der Waals surface area contributed by atoms with E-state index in [1.165, 1.54) is 11.3 Å². The third-order valence-electron chi connectivity index (χ3n) is 1.94. The van der Waals surface area contributed by atoms with E-state index < -0.39 is 0 Å². The van der Waals surface area contributed by atoms with Crippen molar-refractivity contribution in [3.05, 3.63) is 23.5 Å². The fourth-order valence-corrected chi connectivity index (χ4v) is 2.29. The molecule has 0 radical (unpaired) electrons. The zero-order chi connectivity index (χ0) is 7.84. The molecule has 0 bridgehead atoms. The van der Waals surface area contributed by atoms with Crippen LogP contribution in [0.25, 0.3) is 0 Å². The lowest BCUT2D eigenvalue weighted by Gasteiger charge is -2.02. The van der Waals surface area contributed by atoms with E-state index in [0.717, 1.165) is 5.69 Å². The van der Waals surface area contributed by atoms with Gasteiger partial charge >= 0.3 is 0 Å². The predicted octanol–water partition coefficient (Wildman–Crippen LogP) is 2.52. The minimum absolute atomic E-state index is 0.540. The summed E-state index contributed by atoms with van der Waals surface area (Å²) in [4.78, 5) is 4.25. The van der Waals surface area contributed by atoms with Crippen molar-refractivity contribution in [2.75, 3.05) is 4.72 Å². The molecule has 0 spiro atoms. The molecule has 0 aromatic carbocycles. The van der Waals surface area contributed by atoms with Crippen LogP contribution in [0, 0.1) is 6.92 Å². The van der Waals surface area contributed by atoms with Crippen LogP contribution in [0.15, 0.2) is 12.3 Å². The minimum atomic E-state index is 0.540. The van der Waals surface area contributed by atoms with Gasteiger partial charge in [-0.1, -0.05) is 0 Å². The van der Waals surface area contributed by atoms with E-state index in [1.807, 2.05) is 12.3 Å². The average molecular weight is 166 g/mol. The van der Waals surface area contributed by atoms with Crippen LogP contribution in [0.5, 0.6) is 0 Å². The minimum Gasteiger partial charge on any atom is -0.329 e. The van der Waals surface area contributed by atoms with Crippen molar-refractivity contribution in [2.45, 2.75) is 19.1 Å². The monoisotopic (exact) mass is 166 g/mol. The molecule has 1 aromatic heterocycles. The highest BCUT2D eigenvalue weighted by atomic mass is 32.2. The largest absolute Gasteiger partial charge is 0.329 e. The quantitative estimate of drug-likeness (QED) is 0.599. The molecule has 1 atom stereocenters. The van der Waals surface area contributed by atoms with Gasteiger partial charge in [-0.25, -0.2) is 0 Å². The SMILES string of the molecule is Cc1nccc2c1[C@@H](C)SN2. The van der Waals surface area contributed by atoms with Crippen LogP contribution in [0.2, 0.25) is 0 Å². The number of anilines is 1. The molecule has 3 heteroatoms. The summed E-state index contributed by atoms with van der Waals surface area (Å²) in [5.74, 6) is 0. The highest BCUT2D eigenvalue weighted by Gasteiger charge is 2.20. The molecular formula is C8H10N2S. The Labute approximate surface area is 70.5 Å². The summed E-state index contributed by atoms with van der Waals surface area (Å²) in [5, 5.41) is 0.540. The fraction of sp³-hybridized carbons (Fsp3) is 0.375. The second-order valence-electron chi connectivity index (χ2n) is 2.72. The number of fused-ring (bicyclic) bond motifs is 1. The molecule has 58 valence electrons. The van der Waals surface area contributed by atoms with E-state index in [1.54, 1.807) is 11.9 Å². The van der Waals surface area contributed by atoms with Crippen molar-refractivity contribution < 1.29 is 0 Å². The Morgan fingerprint density at radius 2 is 2.45 bits per heavy atom. The van der Waals surface area contributed by atoms with Crippen molar-refractivity contribution in [1.29, 1.82) is 0 Å². The summed E-state index contributed by atoms with van der Waals surface area (Å²) >= 11 is 1.75. The number of nitrogens with one attached hydrogen (secondary N) is 1. The number of rotatable bonds is 0. The Morgan fingerprint density at radius 3 is 3.18 bits per heavy atom. The van der Waals surface area contributed by atoms with Gasteiger partial charge in [-0.2, -0.15) is 0 Å². The van der Waals surface area contributed by atoms with Crippen molar-refractivity contribution in [2.24, 2.45) is 0 Å². The van der Waals surface area contributed by atoms with Gasteiger partial charge in [0.15, 0.2) is 0 Å². The van der Waals surface area contributed by atoms with Crippen LogP contribution in [-0.2, 0) is 0 Å². The van der Waals surface area contributed by atoms with Gasteiger partial charge in [-0.05, 0) is 31.9 Å². The number of hydrogen-bond donors (Lipinski definition) is 1. The zero-order valence-corrected chi connectivity index (χ0v) is 7.40. The Kier molecular flexibility index (Phi) is 1.53. The van der Waals surface area contributed by atoms with E-state index in [9.17, 15) is 0 Å². The lowest BCUT2D eigenvalue weighted by molar-refractivity contribution is 1.05. The average Bonchev–Trinajstić information content (AvgIpc) is 2.34. The summed E-state index contributed by atoms with van der Waals surface area (Å²) < 4.78 is 3.27. The first kappa shape index (κ1) is 6.98. The smallest absolute Gasteiger partial charge is 0.0517 e. The first-order valence-electron chi connectivity index (χ1n) is 3.66. The molecular weight excluding hydrogens is 156 g/mol. The van der Waals surface area contributed by atoms with E-state index >= 15 is 0 Å². The Hall–Kier alpha value is -0.700. The van der Waals surface area contributed by atoms with Crippen LogP contribution >= 0.6 is 11.9 Å². The third-order valence-corrected chi connectivity index (χ3v) is 2.87. The van der Waals surface area contributed by atoms with Crippen LogP contribution in [0.4, 0.5) is 5.69 Å². The molecule has 0 aliphatic carbocycles. The third kappa shape index (κ3) is 0.997. The number of pyridine rings is 1.